The van der Waals surface area contributed by atoms with E-state index in [1.807, 2.05) is 31.3 Å². The molecule has 0 radical (unpaired) electrons. The molecule has 3 N–H and O–H groups in total. The Morgan fingerprint density at radius 3 is 2.57 bits per heavy atom. The maximum absolute atomic E-state index is 7.79. The molecule has 1 heterocycles. The van der Waals surface area contributed by atoms with E-state index in [1.54, 1.807) is 6.20 Å². The number of amidine groups is 1. The van der Waals surface area contributed by atoms with Gasteiger partial charge in [0, 0.05) is 25.2 Å². The molecule has 0 bridgehead atoms. The summed E-state index contributed by atoms with van der Waals surface area (Å²) < 4.78 is 0. The van der Waals surface area contributed by atoms with Crippen molar-refractivity contribution in [2.24, 2.45) is 5.73 Å². The number of hydrogen-bond donors (Lipinski definition) is 2. The second kappa shape index (κ2) is 6.54. The topological polar surface area (TPSA) is 69.2 Å². The summed E-state index contributed by atoms with van der Waals surface area (Å²) in [5.74, 6) is 0.0581. The van der Waals surface area contributed by atoms with E-state index < -0.39 is 0 Å². The number of rotatable bonds is 6. The molecular weight excluding hydrogens is 262 g/mol. The average molecular weight is 285 g/mol. The molecule has 0 spiro atoms. The molecule has 0 fully saturated rings. The number of benzene rings is 1. The van der Waals surface area contributed by atoms with Gasteiger partial charge in [0.15, 0.2) is 0 Å². The molecule has 2 rings (SSSR count). The number of nitrogens with two attached hydrogens (primary N) is 1. The number of anilines is 1. The molecule has 112 valence electrons. The number of nitrogen functional groups attached to an aromatic ring is 1. The number of nitrogens with one attached hydrogen (secondary N) is 1. The largest absolute Gasteiger partial charge is 0.384 e. The summed E-state index contributed by atoms with van der Waals surface area (Å²) in [5, 5.41) is 8.83. The smallest absolute Gasteiger partial charge is 0.126 e. The molecule has 0 saturated heterocycles. The lowest BCUT2D eigenvalue weighted by atomic mass is 10.1. The number of aromatic nitrogens is 1. The Balaban J connectivity index is 2.39. The van der Waals surface area contributed by atoms with Crippen molar-refractivity contribution in [3.63, 3.8) is 0 Å². The van der Waals surface area contributed by atoms with Crippen molar-refractivity contribution >= 4 is 22.4 Å². The minimum Gasteiger partial charge on any atom is -0.384 e. The minimum atomic E-state index is 0.0581. The highest BCUT2D eigenvalue weighted by atomic mass is 15.1. The van der Waals surface area contributed by atoms with Crippen LogP contribution >= 0.6 is 0 Å². The summed E-state index contributed by atoms with van der Waals surface area (Å²) in [6.45, 7) is 1.94. The van der Waals surface area contributed by atoms with Crippen LogP contribution in [0.15, 0.2) is 30.5 Å². The molecular formula is C16H23N5. The van der Waals surface area contributed by atoms with Crippen molar-refractivity contribution in [2.75, 3.05) is 39.1 Å². The fraction of sp³-hybridized carbons (Fsp3) is 0.375. The van der Waals surface area contributed by atoms with Crippen LogP contribution in [0.5, 0.6) is 0 Å². The molecule has 0 atom stereocenters. The van der Waals surface area contributed by atoms with Crippen LogP contribution in [0.25, 0.3) is 10.9 Å². The monoisotopic (exact) mass is 285 g/mol. The molecule has 5 nitrogen and oxygen atoms in total. The van der Waals surface area contributed by atoms with E-state index in [0.29, 0.717) is 5.56 Å². The van der Waals surface area contributed by atoms with Crippen LogP contribution in [0.1, 0.15) is 12.0 Å². The van der Waals surface area contributed by atoms with E-state index in [1.165, 1.54) is 0 Å². The first-order valence-corrected chi connectivity index (χ1v) is 7.08. The number of para-hydroxylation sites is 1. The first kappa shape index (κ1) is 15.3. The van der Waals surface area contributed by atoms with Gasteiger partial charge >= 0.3 is 0 Å². The van der Waals surface area contributed by atoms with Crippen molar-refractivity contribution in [1.29, 1.82) is 5.41 Å². The second-order valence-corrected chi connectivity index (χ2v) is 5.53. The summed E-state index contributed by atoms with van der Waals surface area (Å²) in [6.07, 6.45) is 2.75. The Kier molecular flexibility index (Phi) is 4.75. The Morgan fingerprint density at radius 1 is 1.19 bits per heavy atom. The molecule has 2 aromatic rings. The van der Waals surface area contributed by atoms with Crippen molar-refractivity contribution in [3.8, 4) is 0 Å². The predicted molar refractivity (Wildman–Crippen MR) is 89.2 cm³/mol. The maximum atomic E-state index is 7.79. The zero-order valence-electron chi connectivity index (χ0n) is 12.9. The van der Waals surface area contributed by atoms with Crippen LogP contribution in [-0.2, 0) is 0 Å². The molecule has 0 aliphatic carbocycles. The molecule has 1 aromatic carbocycles. The molecule has 0 aliphatic heterocycles. The maximum Gasteiger partial charge on any atom is 0.126 e. The fourth-order valence-corrected chi connectivity index (χ4v) is 2.47. The van der Waals surface area contributed by atoms with Gasteiger partial charge in [0.05, 0.1) is 16.8 Å². The highest BCUT2D eigenvalue weighted by Crippen LogP contribution is 2.28. The number of hydrogen-bond acceptors (Lipinski definition) is 4. The Labute approximate surface area is 125 Å². The Morgan fingerprint density at radius 2 is 1.90 bits per heavy atom. The van der Waals surface area contributed by atoms with Gasteiger partial charge in [-0.1, -0.05) is 18.2 Å². The fourth-order valence-electron chi connectivity index (χ4n) is 2.47. The summed E-state index contributed by atoms with van der Waals surface area (Å²) in [6, 6.07) is 7.98. The summed E-state index contributed by atoms with van der Waals surface area (Å²) in [7, 11) is 6.19. The van der Waals surface area contributed by atoms with E-state index in [-0.39, 0.29) is 5.84 Å². The van der Waals surface area contributed by atoms with Gasteiger partial charge in [0.2, 0.25) is 0 Å². The zero-order chi connectivity index (χ0) is 15.4. The first-order chi connectivity index (χ1) is 10.0. The van der Waals surface area contributed by atoms with Crippen LogP contribution < -0.4 is 10.6 Å². The number of fused-ring (bicyclic) bond motifs is 1. The lowest BCUT2D eigenvalue weighted by molar-refractivity contribution is 0.402. The molecule has 0 amide bonds. The highest BCUT2D eigenvalue weighted by Gasteiger charge is 2.14. The van der Waals surface area contributed by atoms with Crippen LogP contribution in [0, 0.1) is 5.41 Å². The van der Waals surface area contributed by atoms with E-state index in [9.17, 15) is 0 Å². The van der Waals surface area contributed by atoms with Crippen LogP contribution in [0.3, 0.4) is 0 Å². The lowest BCUT2D eigenvalue weighted by Crippen LogP contribution is -2.26. The lowest BCUT2D eigenvalue weighted by Gasteiger charge is -2.24. The third kappa shape index (κ3) is 3.49. The third-order valence-electron chi connectivity index (χ3n) is 3.52. The van der Waals surface area contributed by atoms with E-state index in [4.69, 9.17) is 11.1 Å². The van der Waals surface area contributed by atoms with E-state index in [0.717, 1.165) is 36.1 Å². The Hall–Kier alpha value is -2.14. The van der Waals surface area contributed by atoms with Gasteiger partial charge in [-0.3, -0.25) is 10.4 Å². The normalized spacial score (nSPS) is 11.0. The quantitative estimate of drug-likeness (QED) is 0.628. The molecule has 0 saturated carbocycles. The van der Waals surface area contributed by atoms with Gasteiger partial charge in [0.25, 0.3) is 0 Å². The van der Waals surface area contributed by atoms with Crippen LogP contribution in [0.2, 0.25) is 0 Å². The molecule has 21 heavy (non-hydrogen) atoms. The molecule has 0 unspecified atom stereocenters. The second-order valence-electron chi connectivity index (χ2n) is 5.53. The van der Waals surface area contributed by atoms with Gasteiger partial charge in [-0.05, 0) is 33.1 Å². The summed E-state index contributed by atoms with van der Waals surface area (Å²) in [5.41, 5.74) is 8.34. The Bertz CT molecular complexity index is 636. The minimum absolute atomic E-state index is 0.0581. The zero-order valence-corrected chi connectivity index (χ0v) is 12.9. The third-order valence-corrected chi connectivity index (χ3v) is 3.52. The number of nitrogens with zero attached hydrogens (tertiary/aromatic N) is 3. The van der Waals surface area contributed by atoms with Crippen molar-refractivity contribution in [3.05, 3.63) is 36.0 Å². The molecule has 1 aromatic heterocycles. The van der Waals surface area contributed by atoms with E-state index >= 15 is 0 Å². The SMILES string of the molecule is CN(C)CCCN(C)c1c(C(=N)N)cnc2ccccc12. The molecule has 0 aliphatic rings. The molecule has 5 heteroatoms. The van der Waals surface area contributed by atoms with Gasteiger partial charge in [0.1, 0.15) is 5.84 Å². The predicted octanol–water partition coefficient (Wildman–Crippen LogP) is 1.91. The number of pyridine rings is 1. The average Bonchev–Trinajstić information content (AvgIpc) is 2.45. The van der Waals surface area contributed by atoms with Gasteiger partial charge in [-0.15, -0.1) is 0 Å². The highest BCUT2D eigenvalue weighted by molar-refractivity contribution is 6.07. The van der Waals surface area contributed by atoms with Crippen molar-refractivity contribution in [2.45, 2.75) is 6.42 Å². The first-order valence-electron chi connectivity index (χ1n) is 7.08. The summed E-state index contributed by atoms with van der Waals surface area (Å²) >= 11 is 0. The van der Waals surface area contributed by atoms with Crippen molar-refractivity contribution < 1.29 is 0 Å². The van der Waals surface area contributed by atoms with Gasteiger partial charge in [-0.2, -0.15) is 0 Å². The standard InChI is InChI=1S/C16H23N5/c1-20(2)9-6-10-21(3)15-12-7-4-5-8-14(12)19-11-13(15)16(17)18/h4-5,7-8,11H,6,9-10H2,1-3H3,(H3,17,18). The van der Waals surface area contributed by atoms with E-state index in [2.05, 4.69) is 28.9 Å². The van der Waals surface area contributed by atoms with Gasteiger partial charge in [-0.25, -0.2) is 0 Å². The van der Waals surface area contributed by atoms with Crippen LogP contribution in [-0.4, -0.2) is 50.0 Å². The van der Waals surface area contributed by atoms with Gasteiger partial charge < -0.3 is 15.5 Å². The van der Waals surface area contributed by atoms with Crippen LogP contribution in [0.4, 0.5) is 5.69 Å². The summed E-state index contributed by atoms with van der Waals surface area (Å²) in [4.78, 5) is 8.74. The van der Waals surface area contributed by atoms with Crippen molar-refractivity contribution in [1.82, 2.24) is 9.88 Å².